The molecule has 2 rings (SSSR count). The first kappa shape index (κ1) is 14.2. The van der Waals surface area contributed by atoms with Crippen LogP contribution in [-0.2, 0) is 0 Å². The molecule has 0 amide bonds. The topological polar surface area (TPSA) is 30.5 Å². The Balaban J connectivity index is 1.76. The lowest BCUT2D eigenvalue weighted by Gasteiger charge is -2.25. The number of hydrogen-bond donors (Lipinski definition) is 1. The van der Waals surface area contributed by atoms with Crippen molar-refractivity contribution < 1.29 is 9.47 Å². The fourth-order valence-electron chi connectivity index (χ4n) is 2.69. The standard InChI is InChI=1S/C16H25NO2/c1-3-18-14-8-4-5-9-15(14)19-13-12-17-16(2)10-6-7-11-16/h4-5,8-9,17H,3,6-7,10-13H2,1-2H3. The zero-order valence-electron chi connectivity index (χ0n) is 12.1. The Labute approximate surface area is 116 Å². The van der Waals surface area contributed by atoms with Crippen LogP contribution in [0.5, 0.6) is 11.5 Å². The summed E-state index contributed by atoms with van der Waals surface area (Å²) in [5.74, 6) is 1.67. The van der Waals surface area contributed by atoms with Gasteiger partial charge in [0.25, 0.3) is 0 Å². The highest BCUT2D eigenvalue weighted by Crippen LogP contribution is 2.29. The van der Waals surface area contributed by atoms with Crippen LogP contribution >= 0.6 is 0 Å². The van der Waals surface area contributed by atoms with Crippen molar-refractivity contribution in [2.45, 2.75) is 45.1 Å². The van der Waals surface area contributed by atoms with Gasteiger partial charge in [0.15, 0.2) is 11.5 Å². The van der Waals surface area contributed by atoms with E-state index in [4.69, 9.17) is 9.47 Å². The minimum absolute atomic E-state index is 0.322. The van der Waals surface area contributed by atoms with Gasteiger partial charge in [-0.1, -0.05) is 25.0 Å². The van der Waals surface area contributed by atoms with Crippen LogP contribution in [0.4, 0.5) is 0 Å². The molecule has 0 saturated heterocycles. The molecular weight excluding hydrogens is 238 g/mol. The van der Waals surface area contributed by atoms with Crippen molar-refractivity contribution >= 4 is 0 Å². The molecule has 19 heavy (non-hydrogen) atoms. The third-order valence-corrected chi connectivity index (χ3v) is 3.77. The summed E-state index contributed by atoms with van der Waals surface area (Å²) in [6.07, 6.45) is 5.25. The molecule has 3 heteroatoms. The molecule has 1 aliphatic carbocycles. The highest BCUT2D eigenvalue weighted by Gasteiger charge is 2.27. The number of para-hydroxylation sites is 2. The fourth-order valence-corrected chi connectivity index (χ4v) is 2.69. The van der Waals surface area contributed by atoms with Crippen molar-refractivity contribution in [3.8, 4) is 11.5 Å². The van der Waals surface area contributed by atoms with Crippen molar-refractivity contribution in [2.24, 2.45) is 0 Å². The quantitative estimate of drug-likeness (QED) is 0.765. The highest BCUT2D eigenvalue weighted by molar-refractivity contribution is 5.39. The van der Waals surface area contributed by atoms with E-state index in [0.29, 0.717) is 18.8 Å². The van der Waals surface area contributed by atoms with Crippen LogP contribution in [0, 0.1) is 0 Å². The number of nitrogens with one attached hydrogen (secondary N) is 1. The van der Waals surface area contributed by atoms with E-state index in [2.05, 4.69) is 12.2 Å². The number of rotatable bonds is 7. The molecule has 0 heterocycles. The van der Waals surface area contributed by atoms with E-state index < -0.39 is 0 Å². The van der Waals surface area contributed by atoms with Crippen molar-refractivity contribution in [1.82, 2.24) is 5.32 Å². The summed E-state index contributed by atoms with van der Waals surface area (Å²) >= 11 is 0. The van der Waals surface area contributed by atoms with Crippen molar-refractivity contribution in [3.63, 3.8) is 0 Å². The zero-order chi connectivity index (χ0) is 13.6. The van der Waals surface area contributed by atoms with Crippen LogP contribution in [0.15, 0.2) is 24.3 Å². The molecule has 0 aliphatic heterocycles. The van der Waals surface area contributed by atoms with Gasteiger partial charge in [-0.2, -0.15) is 0 Å². The van der Waals surface area contributed by atoms with Crippen molar-refractivity contribution in [2.75, 3.05) is 19.8 Å². The van der Waals surface area contributed by atoms with E-state index in [1.54, 1.807) is 0 Å². The molecule has 0 atom stereocenters. The third-order valence-electron chi connectivity index (χ3n) is 3.77. The Kier molecular flexibility index (Phi) is 5.08. The van der Waals surface area contributed by atoms with Crippen LogP contribution < -0.4 is 14.8 Å². The number of ether oxygens (including phenoxy) is 2. The van der Waals surface area contributed by atoms with Gasteiger partial charge >= 0.3 is 0 Å². The van der Waals surface area contributed by atoms with Gasteiger partial charge < -0.3 is 14.8 Å². The molecule has 0 aromatic heterocycles. The lowest BCUT2D eigenvalue weighted by molar-refractivity contribution is 0.257. The average Bonchev–Trinajstić information content (AvgIpc) is 2.84. The molecule has 1 aromatic rings. The maximum atomic E-state index is 5.81. The number of benzene rings is 1. The second kappa shape index (κ2) is 6.80. The SMILES string of the molecule is CCOc1ccccc1OCCNC1(C)CCCC1. The van der Waals surface area contributed by atoms with E-state index in [0.717, 1.165) is 18.0 Å². The third kappa shape index (κ3) is 4.13. The first-order valence-electron chi connectivity index (χ1n) is 7.33. The van der Waals surface area contributed by atoms with Crippen LogP contribution in [-0.4, -0.2) is 25.3 Å². The summed E-state index contributed by atoms with van der Waals surface area (Å²) < 4.78 is 11.3. The lowest BCUT2D eigenvalue weighted by atomic mass is 10.0. The Morgan fingerprint density at radius 3 is 2.37 bits per heavy atom. The molecule has 1 aliphatic rings. The molecule has 0 bridgehead atoms. The van der Waals surface area contributed by atoms with E-state index in [-0.39, 0.29) is 0 Å². The number of hydrogen-bond acceptors (Lipinski definition) is 3. The first-order chi connectivity index (χ1) is 9.23. The maximum Gasteiger partial charge on any atom is 0.161 e. The monoisotopic (exact) mass is 263 g/mol. The fraction of sp³-hybridized carbons (Fsp3) is 0.625. The zero-order valence-corrected chi connectivity index (χ0v) is 12.1. The summed E-state index contributed by atoms with van der Waals surface area (Å²) in [7, 11) is 0. The minimum Gasteiger partial charge on any atom is -0.490 e. The van der Waals surface area contributed by atoms with E-state index in [9.17, 15) is 0 Å². The second-order valence-corrected chi connectivity index (χ2v) is 5.42. The normalized spacial score (nSPS) is 17.4. The Bertz CT molecular complexity index is 386. The largest absolute Gasteiger partial charge is 0.490 e. The van der Waals surface area contributed by atoms with Gasteiger partial charge in [-0.3, -0.25) is 0 Å². The van der Waals surface area contributed by atoms with Gasteiger partial charge in [0, 0.05) is 12.1 Å². The van der Waals surface area contributed by atoms with Gasteiger partial charge in [0.1, 0.15) is 6.61 Å². The smallest absolute Gasteiger partial charge is 0.161 e. The van der Waals surface area contributed by atoms with Gasteiger partial charge in [-0.05, 0) is 38.8 Å². The summed E-state index contributed by atoms with van der Waals surface area (Å²) in [5.41, 5.74) is 0.322. The van der Waals surface area contributed by atoms with Crippen LogP contribution in [0.3, 0.4) is 0 Å². The summed E-state index contributed by atoms with van der Waals surface area (Å²) in [6, 6.07) is 7.85. The first-order valence-corrected chi connectivity index (χ1v) is 7.33. The molecule has 0 spiro atoms. The molecule has 0 radical (unpaired) electrons. The summed E-state index contributed by atoms with van der Waals surface area (Å²) in [5, 5.41) is 3.61. The van der Waals surface area contributed by atoms with Gasteiger partial charge in [-0.15, -0.1) is 0 Å². The highest BCUT2D eigenvalue weighted by atomic mass is 16.5. The Morgan fingerprint density at radius 2 is 1.74 bits per heavy atom. The van der Waals surface area contributed by atoms with E-state index in [1.807, 2.05) is 31.2 Å². The van der Waals surface area contributed by atoms with Gasteiger partial charge in [-0.25, -0.2) is 0 Å². The molecule has 3 nitrogen and oxygen atoms in total. The Hall–Kier alpha value is -1.22. The average molecular weight is 263 g/mol. The van der Waals surface area contributed by atoms with Crippen molar-refractivity contribution in [1.29, 1.82) is 0 Å². The molecule has 1 aromatic carbocycles. The lowest BCUT2D eigenvalue weighted by Crippen LogP contribution is -2.41. The Morgan fingerprint density at radius 1 is 1.11 bits per heavy atom. The van der Waals surface area contributed by atoms with E-state index in [1.165, 1.54) is 25.7 Å². The van der Waals surface area contributed by atoms with Gasteiger partial charge in [0.2, 0.25) is 0 Å². The summed E-state index contributed by atoms with van der Waals surface area (Å²) in [4.78, 5) is 0. The van der Waals surface area contributed by atoms with Crippen LogP contribution in [0.25, 0.3) is 0 Å². The van der Waals surface area contributed by atoms with Crippen LogP contribution in [0.2, 0.25) is 0 Å². The molecular formula is C16H25NO2. The summed E-state index contributed by atoms with van der Waals surface area (Å²) in [6.45, 7) is 6.53. The maximum absolute atomic E-state index is 5.81. The predicted octanol–water partition coefficient (Wildman–Crippen LogP) is 3.39. The van der Waals surface area contributed by atoms with Crippen molar-refractivity contribution in [3.05, 3.63) is 24.3 Å². The predicted molar refractivity (Wildman–Crippen MR) is 78.0 cm³/mol. The molecule has 1 fully saturated rings. The molecule has 1 saturated carbocycles. The molecule has 106 valence electrons. The van der Waals surface area contributed by atoms with E-state index >= 15 is 0 Å². The second-order valence-electron chi connectivity index (χ2n) is 5.42. The van der Waals surface area contributed by atoms with Crippen LogP contribution in [0.1, 0.15) is 39.5 Å². The molecule has 1 N–H and O–H groups in total. The molecule has 0 unspecified atom stereocenters. The minimum atomic E-state index is 0.322. The van der Waals surface area contributed by atoms with Gasteiger partial charge in [0.05, 0.1) is 6.61 Å².